The number of fused-ring (bicyclic) bond motifs is 6. The molecule has 49 heavy (non-hydrogen) atoms. The van der Waals surface area contributed by atoms with Crippen LogP contribution >= 0.6 is 0 Å². The molecule has 234 valence electrons. The van der Waals surface area contributed by atoms with Gasteiger partial charge in [-0.15, -0.1) is 0 Å². The molecule has 0 aliphatic heterocycles. The Labute approximate surface area is 285 Å². The largest absolute Gasteiger partial charge is 0.497 e. The molecule has 0 bridgehead atoms. The van der Waals surface area contributed by atoms with Gasteiger partial charge in [-0.3, -0.25) is 4.79 Å². The molecule has 4 nitrogen and oxygen atoms in total. The number of hydrogen-bond donors (Lipinski definition) is 0. The van der Waals surface area contributed by atoms with Crippen LogP contribution < -0.4 is 4.74 Å². The van der Waals surface area contributed by atoms with Crippen LogP contribution in [0, 0.1) is 44.5 Å². The quantitative estimate of drug-likeness (QED) is 0.182. The smallest absolute Gasteiger partial charge is 0.279 e. The normalized spacial score (nSPS) is 11.0. The first-order valence-corrected chi connectivity index (χ1v) is 16.3. The molecule has 0 N–H and O–H groups in total. The van der Waals surface area contributed by atoms with Crippen LogP contribution in [0.5, 0.6) is 5.75 Å². The maximum Gasteiger partial charge on any atom is 0.279 e. The van der Waals surface area contributed by atoms with E-state index in [4.69, 9.17) is 4.74 Å². The van der Waals surface area contributed by atoms with Gasteiger partial charge in [0.05, 0.1) is 29.2 Å². The molecule has 0 amide bonds. The number of methoxy groups -OCH3 is 1. The lowest BCUT2D eigenvalue weighted by Crippen LogP contribution is -1.94. The number of rotatable bonds is 3. The van der Waals surface area contributed by atoms with E-state index in [0.717, 1.165) is 55.7 Å². The molecule has 0 aliphatic rings. The molecule has 0 radical (unpaired) electrons. The van der Waals surface area contributed by atoms with Gasteiger partial charge in [0, 0.05) is 44.0 Å². The summed E-state index contributed by atoms with van der Waals surface area (Å²) in [6.07, 6.45) is 0. The summed E-state index contributed by atoms with van der Waals surface area (Å²) >= 11 is 0. The van der Waals surface area contributed by atoms with E-state index in [2.05, 4.69) is 132 Å². The standard InChI is InChI=1S/C45H32N2O2/c1-29-5-21-42-38(25-29)39-26-30(2)6-22-43(39)46(42)34-14-8-32(9-15-34)12-18-36(48)19-13-33-10-16-35(17-11-33)47-44-23-7-31(3)27-40(44)41-28-37(49-4)20-24-45(41)47/h5-11,14-17,20-28H,1-4H3. The number of carbonyl (C=O) groups is 1. The topological polar surface area (TPSA) is 36.2 Å². The second kappa shape index (κ2) is 11.9. The highest BCUT2D eigenvalue weighted by Crippen LogP contribution is 2.35. The Morgan fingerprint density at radius 2 is 0.857 bits per heavy atom. The predicted octanol–water partition coefficient (Wildman–Crippen LogP) is 9.79. The van der Waals surface area contributed by atoms with Crippen molar-refractivity contribution in [3.63, 3.8) is 0 Å². The first-order valence-electron chi connectivity index (χ1n) is 16.3. The Morgan fingerprint density at radius 3 is 1.24 bits per heavy atom. The average molecular weight is 633 g/mol. The number of benzene rings is 6. The zero-order valence-corrected chi connectivity index (χ0v) is 27.8. The van der Waals surface area contributed by atoms with Gasteiger partial charge in [0.25, 0.3) is 5.78 Å². The lowest BCUT2D eigenvalue weighted by atomic mass is 10.1. The van der Waals surface area contributed by atoms with Crippen LogP contribution in [0.15, 0.2) is 121 Å². The van der Waals surface area contributed by atoms with Gasteiger partial charge >= 0.3 is 0 Å². The van der Waals surface area contributed by atoms with Crippen LogP contribution in [-0.4, -0.2) is 22.0 Å². The minimum absolute atomic E-state index is 0.423. The Morgan fingerprint density at radius 1 is 0.490 bits per heavy atom. The van der Waals surface area contributed by atoms with E-state index in [1.807, 2.05) is 42.5 Å². The van der Waals surface area contributed by atoms with Gasteiger partial charge in [-0.05, 0) is 136 Å². The number of aryl methyl sites for hydroxylation is 3. The summed E-state index contributed by atoms with van der Waals surface area (Å²) in [7, 11) is 1.69. The average Bonchev–Trinajstić information content (AvgIpc) is 3.61. The number of nitrogens with zero attached hydrogens (tertiary/aromatic N) is 2. The lowest BCUT2D eigenvalue weighted by Gasteiger charge is -2.08. The summed E-state index contributed by atoms with van der Waals surface area (Å²) in [5, 5.41) is 4.79. The SMILES string of the molecule is COc1ccc2c(c1)c1cc(C)ccc1n2-c1ccc(C#CC(=O)C#Cc2ccc(-n3c4ccc(C)cc4c4cc(C)ccc43)cc2)cc1. The van der Waals surface area contributed by atoms with Crippen molar-refractivity contribution in [1.29, 1.82) is 0 Å². The Balaban J connectivity index is 1.03. The molecule has 0 saturated heterocycles. The van der Waals surface area contributed by atoms with Gasteiger partial charge in [0.2, 0.25) is 0 Å². The first kappa shape index (κ1) is 29.9. The molecule has 8 aromatic rings. The fraction of sp³-hybridized carbons (Fsp3) is 0.0889. The fourth-order valence-electron chi connectivity index (χ4n) is 6.73. The second-order valence-corrected chi connectivity index (χ2v) is 12.5. The van der Waals surface area contributed by atoms with Crippen LogP contribution in [0.2, 0.25) is 0 Å². The minimum Gasteiger partial charge on any atom is -0.497 e. The second-order valence-electron chi connectivity index (χ2n) is 12.5. The van der Waals surface area contributed by atoms with E-state index in [9.17, 15) is 4.79 Å². The Hall–Kier alpha value is -6.49. The van der Waals surface area contributed by atoms with Gasteiger partial charge in [-0.1, -0.05) is 46.7 Å². The van der Waals surface area contributed by atoms with Crippen LogP contribution in [0.25, 0.3) is 55.0 Å². The summed E-state index contributed by atoms with van der Waals surface area (Å²) in [4.78, 5) is 12.7. The number of ketones is 1. The van der Waals surface area contributed by atoms with Crippen molar-refractivity contribution < 1.29 is 9.53 Å². The monoisotopic (exact) mass is 632 g/mol. The molecule has 2 aromatic heterocycles. The van der Waals surface area contributed by atoms with Gasteiger partial charge in [0.15, 0.2) is 0 Å². The summed E-state index contributed by atoms with van der Waals surface area (Å²) in [5.74, 6) is 11.8. The molecule has 8 rings (SSSR count). The zero-order chi connectivity index (χ0) is 33.6. The highest BCUT2D eigenvalue weighted by Gasteiger charge is 2.14. The highest BCUT2D eigenvalue weighted by atomic mass is 16.5. The lowest BCUT2D eigenvalue weighted by molar-refractivity contribution is -0.108. The fourth-order valence-corrected chi connectivity index (χ4v) is 6.73. The van der Waals surface area contributed by atoms with Gasteiger partial charge in [-0.2, -0.15) is 0 Å². The van der Waals surface area contributed by atoms with Gasteiger partial charge in [-0.25, -0.2) is 0 Å². The number of carbonyl (C=O) groups excluding carboxylic acids is 1. The van der Waals surface area contributed by atoms with Crippen LogP contribution in [0.4, 0.5) is 0 Å². The summed E-state index contributed by atoms with van der Waals surface area (Å²) in [5.41, 5.74) is 11.8. The summed E-state index contributed by atoms with van der Waals surface area (Å²) in [6, 6.07) is 41.8. The van der Waals surface area contributed by atoms with E-state index < -0.39 is 5.78 Å². The van der Waals surface area contributed by atoms with Crippen molar-refractivity contribution in [3.8, 4) is 40.8 Å². The highest BCUT2D eigenvalue weighted by molar-refractivity contribution is 6.11. The zero-order valence-electron chi connectivity index (χ0n) is 27.8. The molecule has 0 spiro atoms. The van der Waals surface area contributed by atoms with Crippen molar-refractivity contribution in [2.75, 3.05) is 7.11 Å². The van der Waals surface area contributed by atoms with Crippen molar-refractivity contribution in [2.24, 2.45) is 0 Å². The number of ether oxygens (including phenoxy) is 1. The summed E-state index contributed by atoms with van der Waals surface area (Å²) < 4.78 is 10.0. The molecule has 0 atom stereocenters. The van der Waals surface area contributed by atoms with Crippen molar-refractivity contribution in [2.45, 2.75) is 20.8 Å². The Kier molecular flexibility index (Phi) is 7.29. The molecule has 6 aromatic carbocycles. The molecule has 4 heteroatoms. The predicted molar refractivity (Wildman–Crippen MR) is 201 cm³/mol. The van der Waals surface area contributed by atoms with E-state index in [1.165, 1.54) is 32.8 Å². The maximum absolute atomic E-state index is 12.7. The van der Waals surface area contributed by atoms with Crippen LogP contribution in [0.3, 0.4) is 0 Å². The third-order valence-corrected chi connectivity index (χ3v) is 9.10. The van der Waals surface area contributed by atoms with Crippen molar-refractivity contribution in [1.82, 2.24) is 9.13 Å². The third kappa shape index (κ3) is 5.40. The maximum atomic E-state index is 12.7. The molecule has 2 heterocycles. The third-order valence-electron chi connectivity index (χ3n) is 9.10. The molecule has 0 aliphatic carbocycles. The van der Waals surface area contributed by atoms with E-state index >= 15 is 0 Å². The molecular weight excluding hydrogens is 601 g/mol. The summed E-state index contributed by atoms with van der Waals surface area (Å²) in [6.45, 7) is 6.35. The molecular formula is C45H32N2O2. The van der Waals surface area contributed by atoms with E-state index in [1.54, 1.807) is 7.11 Å². The molecule has 0 unspecified atom stereocenters. The van der Waals surface area contributed by atoms with Crippen molar-refractivity contribution >= 4 is 49.4 Å². The number of aromatic nitrogens is 2. The molecule has 0 fully saturated rings. The van der Waals surface area contributed by atoms with E-state index in [0.29, 0.717) is 0 Å². The Bertz CT molecular complexity index is 2680. The van der Waals surface area contributed by atoms with Gasteiger partial charge < -0.3 is 13.9 Å². The van der Waals surface area contributed by atoms with Crippen LogP contribution in [0.1, 0.15) is 27.8 Å². The molecule has 0 saturated carbocycles. The van der Waals surface area contributed by atoms with Crippen LogP contribution in [-0.2, 0) is 4.79 Å². The van der Waals surface area contributed by atoms with E-state index in [-0.39, 0.29) is 0 Å². The van der Waals surface area contributed by atoms with Crippen molar-refractivity contribution in [3.05, 3.63) is 149 Å². The number of Topliss-reactive ketones (excluding diaryl/α,β-unsaturated/α-hetero) is 1. The van der Waals surface area contributed by atoms with Gasteiger partial charge in [0.1, 0.15) is 5.75 Å². The number of hydrogen-bond acceptors (Lipinski definition) is 2. The first-order chi connectivity index (χ1) is 23.9. The minimum atomic E-state index is -0.423.